The number of carbonyl (C=O) groups excluding carboxylic acids is 1. The number of aromatic nitrogens is 4. The molecule has 6 heteroatoms. The number of hydrogen-bond donors (Lipinski definition) is 0. The van der Waals surface area contributed by atoms with E-state index in [1.165, 1.54) is 6.08 Å². The highest BCUT2D eigenvalue weighted by molar-refractivity contribution is 5.88. The summed E-state index contributed by atoms with van der Waals surface area (Å²) in [5.74, 6) is 0.503. The number of nitrogens with zero attached hydrogens (tertiary/aromatic N) is 4. The van der Waals surface area contributed by atoms with Gasteiger partial charge in [0.15, 0.2) is 0 Å². The van der Waals surface area contributed by atoms with Crippen molar-refractivity contribution in [1.82, 2.24) is 19.3 Å². The summed E-state index contributed by atoms with van der Waals surface area (Å²) in [5.41, 5.74) is 3.71. The molecular weight excluding hydrogens is 304 g/mol. The van der Waals surface area contributed by atoms with E-state index in [2.05, 4.69) is 17.0 Å². The van der Waals surface area contributed by atoms with Crippen molar-refractivity contribution < 1.29 is 9.53 Å². The molecule has 0 spiro atoms. The Hall–Kier alpha value is -2.89. The zero-order chi connectivity index (χ0) is 17.3. The molecule has 3 aromatic rings. The number of ether oxygens (including phenoxy) is 1. The monoisotopic (exact) mass is 324 g/mol. The molecule has 0 atom stereocenters. The quantitative estimate of drug-likeness (QED) is 0.547. The number of esters is 1. The zero-order valence-corrected chi connectivity index (χ0v) is 14.3. The number of pyridine rings is 1. The van der Waals surface area contributed by atoms with E-state index in [0.717, 1.165) is 33.7 Å². The Balaban J connectivity index is 2.16. The van der Waals surface area contributed by atoms with Gasteiger partial charge in [-0.3, -0.25) is 9.25 Å². The van der Waals surface area contributed by atoms with Gasteiger partial charge >= 0.3 is 5.97 Å². The van der Waals surface area contributed by atoms with Gasteiger partial charge in [-0.1, -0.05) is 0 Å². The largest absolute Gasteiger partial charge is 0.463 e. The van der Waals surface area contributed by atoms with Gasteiger partial charge < -0.3 is 4.74 Å². The van der Waals surface area contributed by atoms with Gasteiger partial charge in [0.1, 0.15) is 11.5 Å². The Morgan fingerprint density at radius 1 is 1.38 bits per heavy atom. The molecule has 24 heavy (non-hydrogen) atoms. The van der Waals surface area contributed by atoms with Crippen molar-refractivity contribution in [2.45, 2.75) is 20.8 Å². The van der Waals surface area contributed by atoms with Crippen LogP contribution in [0.3, 0.4) is 0 Å². The van der Waals surface area contributed by atoms with Crippen LogP contribution in [0.1, 0.15) is 23.7 Å². The maximum Gasteiger partial charge on any atom is 0.330 e. The topological polar surface area (TPSA) is 61.9 Å². The molecule has 0 aliphatic heterocycles. The fourth-order valence-electron chi connectivity index (χ4n) is 2.87. The third kappa shape index (κ3) is 2.71. The van der Waals surface area contributed by atoms with Gasteiger partial charge in [0.05, 0.1) is 12.3 Å². The first-order chi connectivity index (χ1) is 11.5. The highest BCUT2D eigenvalue weighted by Gasteiger charge is 2.17. The van der Waals surface area contributed by atoms with Gasteiger partial charge in [-0.05, 0) is 44.5 Å². The lowest BCUT2D eigenvalue weighted by Crippen LogP contribution is -2.04. The number of fused-ring (bicyclic) bond motifs is 1. The maximum atomic E-state index is 11.6. The summed E-state index contributed by atoms with van der Waals surface area (Å²) in [5, 5.41) is 5.59. The molecule has 0 saturated heterocycles. The Labute approximate surface area is 140 Å². The van der Waals surface area contributed by atoms with E-state index in [9.17, 15) is 4.79 Å². The summed E-state index contributed by atoms with van der Waals surface area (Å²) in [4.78, 5) is 16.1. The number of carbonyl (C=O) groups is 1. The lowest BCUT2D eigenvalue weighted by atomic mass is 10.2. The molecule has 6 nitrogen and oxygen atoms in total. The van der Waals surface area contributed by atoms with Crippen LogP contribution in [0.5, 0.6) is 0 Å². The molecule has 0 aliphatic carbocycles. The molecule has 0 fully saturated rings. The minimum absolute atomic E-state index is 0.355. The fraction of sp³-hybridized carbons (Fsp3) is 0.278. The lowest BCUT2D eigenvalue weighted by Gasteiger charge is -2.07. The molecular formula is C18H20N4O2. The van der Waals surface area contributed by atoms with Crippen LogP contribution in [0.2, 0.25) is 0 Å². The Morgan fingerprint density at radius 3 is 2.92 bits per heavy atom. The standard InChI is InChI=1S/C18H20N4O2/c1-5-24-16(23)9-8-15-13(3)20-21(4)18(15)22-11-12(2)14-7-6-10-19-17(14)22/h6-11H,5H2,1-4H3/b9-8+. The van der Waals surface area contributed by atoms with Crippen LogP contribution in [0, 0.1) is 13.8 Å². The summed E-state index contributed by atoms with van der Waals surface area (Å²) in [7, 11) is 1.88. The predicted molar refractivity (Wildman–Crippen MR) is 93.0 cm³/mol. The number of hydrogen-bond acceptors (Lipinski definition) is 4. The molecule has 0 N–H and O–H groups in total. The first-order valence-electron chi connectivity index (χ1n) is 7.84. The summed E-state index contributed by atoms with van der Waals surface area (Å²) in [6.07, 6.45) is 6.99. The van der Waals surface area contributed by atoms with Crippen LogP contribution >= 0.6 is 0 Å². The molecule has 0 aliphatic rings. The normalized spacial score (nSPS) is 11.5. The molecule has 3 rings (SSSR count). The van der Waals surface area contributed by atoms with E-state index in [1.807, 2.05) is 36.9 Å². The average molecular weight is 324 g/mol. The molecule has 3 aromatic heterocycles. The van der Waals surface area contributed by atoms with Crippen molar-refractivity contribution in [2.24, 2.45) is 7.05 Å². The van der Waals surface area contributed by atoms with E-state index in [1.54, 1.807) is 23.9 Å². The van der Waals surface area contributed by atoms with Crippen LogP contribution in [0.4, 0.5) is 0 Å². The summed E-state index contributed by atoms with van der Waals surface area (Å²) in [6, 6.07) is 3.97. The van der Waals surface area contributed by atoms with Crippen molar-refractivity contribution in [3.63, 3.8) is 0 Å². The molecule has 0 unspecified atom stereocenters. The second kappa shape index (κ2) is 6.31. The first kappa shape index (κ1) is 16.0. The Morgan fingerprint density at radius 2 is 2.17 bits per heavy atom. The minimum Gasteiger partial charge on any atom is -0.463 e. The highest BCUT2D eigenvalue weighted by Crippen LogP contribution is 2.26. The van der Waals surface area contributed by atoms with Crippen molar-refractivity contribution in [3.05, 3.63) is 47.4 Å². The van der Waals surface area contributed by atoms with E-state index in [-0.39, 0.29) is 5.97 Å². The average Bonchev–Trinajstić information content (AvgIpc) is 3.02. The van der Waals surface area contributed by atoms with Gasteiger partial charge in [0.25, 0.3) is 0 Å². The van der Waals surface area contributed by atoms with Gasteiger partial charge in [0.2, 0.25) is 0 Å². The Bertz CT molecular complexity index is 934. The van der Waals surface area contributed by atoms with Gasteiger partial charge in [-0.2, -0.15) is 5.10 Å². The lowest BCUT2D eigenvalue weighted by molar-refractivity contribution is -0.137. The first-order valence-corrected chi connectivity index (χ1v) is 7.84. The van der Waals surface area contributed by atoms with Crippen molar-refractivity contribution in [2.75, 3.05) is 6.61 Å². The van der Waals surface area contributed by atoms with Crippen molar-refractivity contribution in [1.29, 1.82) is 0 Å². The smallest absolute Gasteiger partial charge is 0.330 e. The molecule has 0 radical (unpaired) electrons. The highest BCUT2D eigenvalue weighted by atomic mass is 16.5. The van der Waals surface area contributed by atoms with E-state index in [4.69, 9.17) is 4.74 Å². The van der Waals surface area contributed by atoms with E-state index < -0.39 is 0 Å². The predicted octanol–water partition coefficient (Wildman–Crippen LogP) is 2.95. The molecule has 0 bridgehead atoms. The summed E-state index contributed by atoms with van der Waals surface area (Å²) < 4.78 is 8.77. The van der Waals surface area contributed by atoms with Gasteiger partial charge in [0, 0.05) is 36.5 Å². The van der Waals surface area contributed by atoms with E-state index in [0.29, 0.717) is 6.61 Å². The van der Waals surface area contributed by atoms with Gasteiger partial charge in [-0.25, -0.2) is 9.78 Å². The Kier molecular flexibility index (Phi) is 4.20. The molecule has 0 amide bonds. The fourth-order valence-corrected chi connectivity index (χ4v) is 2.87. The second-order valence-electron chi connectivity index (χ2n) is 5.59. The third-order valence-corrected chi connectivity index (χ3v) is 3.90. The van der Waals surface area contributed by atoms with Crippen LogP contribution in [0.15, 0.2) is 30.6 Å². The summed E-state index contributed by atoms with van der Waals surface area (Å²) >= 11 is 0. The van der Waals surface area contributed by atoms with Crippen LogP contribution in [-0.2, 0) is 16.6 Å². The zero-order valence-electron chi connectivity index (χ0n) is 14.3. The maximum absolute atomic E-state index is 11.6. The summed E-state index contributed by atoms with van der Waals surface area (Å²) in [6.45, 7) is 6.11. The van der Waals surface area contributed by atoms with Crippen molar-refractivity contribution in [3.8, 4) is 5.82 Å². The van der Waals surface area contributed by atoms with Gasteiger partial charge in [-0.15, -0.1) is 0 Å². The SMILES string of the molecule is CCOC(=O)/C=C/c1c(C)nn(C)c1-n1cc(C)c2cccnc21. The second-order valence-corrected chi connectivity index (χ2v) is 5.59. The third-order valence-electron chi connectivity index (χ3n) is 3.90. The molecule has 124 valence electrons. The molecule has 3 heterocycles. The van der Waals surface area contributed by atoms with Crippen LogP contribution in [0.25, 0.3) is 22.9 Å². The van der Waals surface area contributed by atoms with E-state index >= 15 is 0 Å². The van der Waals surface area contributed by atoms with Crippen LogP contribution in [-0.4, -0.2) is 31.9 Å². The molecule has 0 saturated carbocycles. The minimum atomic E-state index is -0.363. The molecule has 0 aromatic carbocycles. The van der Waals surface area contributed by atoms with Crippen molar-refractivity contribution >= 4 is 23.1 Å². The number of rotatable bonds is 4. The van der Waals surface area contributed by atoms with Crippen LogP contribution < -0.4 is 0 Å². The number of aryl methyl sites for hydroxylation is 3.